The number of rotatable bonds is 0. The Hall–Kier alpha value is 2.06. The summed E-state index contributed by atoms with van der Waals surface area (Å²) in [5, 5.41) is 0. The van der Waals surface area contributed by atoms with Gasteiger partial charge in [-0.15, -0.1) is 0 Å². The standard InChI is InChI=1S/Ca.H3O4P.Pt.2H/c;1-5(2,3)4;;;/h;(H3,1,2,3,4);;;. The van der Waals surface area contributed by atoms with Crippen LogP contribution in [0.2, 0.25) is 0 Å². The molecule has 0 aliphatic heterocycles. The van der Waals surface area contributed by atoms with E-state index in [1.54, 1.807) is 0 Å². The van der Waals surface area contributed by atoms with Gasteiger partial charge in [-0.05, 0) is 0 Å². The second-order valence-corrected chi connectivity index (χ2v) is 1.54. The van der Waals surface area contributed by atoms with E-state index in [1.165, 1.54) is 0 Å². The monoisotopic (exact) mass is 335 g/mol. The smallest absolute Gasteiger partial charge is 0 e. The zero-order valence-corrected chi connectivity index (χ0v) is 5.68. The minimum absolute atomic E-state index is 0. The summed E-state index contributed by atoms with van der Waals surface area (Å²) in [6.45, 7) is 0. The number of hydrogen-bond acceptors (Lipinski definition) is 1. The predicted octanol–water partition coefficient (Wildman–Crippen LogP) is -1.85. The van der Waals surface area contributed by atoms with Crippen LogP contribution in [0.3, 0.4) is 0 Å². The molecule has 46 valence electrons. The molecule has 0 aliphatic carbocycles. The van der Waals surface area contributed by atoms with Crippen LogP contribution < -0.4 is 0 Å². The summed E-state index contributed by atoms with van der Waals surface area (Å²) in [5.74, 6) is 0. The molecule has 0 aromatic carbocycles. The fourth-order valence-corrected chi connectivity index (χ4v) is 0. The van der Waals surface area contributed by atoms with Gasteiger partial charge in [-0.25, -0.2) is 4.57 Å². The van der Waals surface area contributed by atoms with Crippen LogP contribution in [0.4, 0.5) is 0 Å². The van der Waals surface area contributed by atoms with Crippen molar-refractivity contribution in [3.63, 3.8) is 0 Å². The fraction of sp³-hybridized carbons (Fsp3) is 0. The Bertz CT molecular complexity index is 57.8. The first-order valence-corrected chi connectivity index (χ1v) is 2.35. The summed E-state index contributed by atoms with van der Waals surface area (Å²) in [7, 11) is -4.64. The Morgan fingerprint density at radius 3 is 1.14 bits per heavy atom. The summed E-state index contributed by atoms with van der Waals surface area (Å²) in [4.78, 5) is 21.6. The molecule has 0 saturated heterocycles. The molecule has 0 atom stereocenters. The molecule has 0 heterocycles. The molecule has 0 rings (SSSR count). The van der Waals surface area contributed by atoms with E-state index >= 15 is 0 Å². The molecule has 4 nitrogen and oxygen atoms in total. The zero-order valence-electron chi connectivity index (χ0n) is 2.51. The Morgan fingerprint density at radius 1 is 1.14 bits per heavy atom. The molecule has 0 saturated carbocycles. The molecule has 7 heteroatoms. The third-order valence-electron chi connectivity index (χ3n) is 0. The molecule has 3 N–H and O–H groups in total. The maximum atomic E-state index is 8.88. The normalized spacial score (nSPS) is 8.43. The maximum Gasteiger partial charge on any atom is 0 e. The van der Waals surface area contributed by atoms with Crippen molar-refractivity contribution in [2.75, 3.05) is 0 Å². The molecule has 0 fully saturated rings. The van der Waals surface area contributed by atoms with Crippen molar-refractivity contribution < 1.29 is 40.3 Å². The molecule has 0 unspecified atom stereocenters. The van der Waals surface area contributed by atoms with Gasteiger partial charge in [0, 0.05) is 21.1 Å². The van der Waals surface area contributed by atoms with E-state index in [9.17, 15) is 0 Å². The van der Waals surface area contributed by atoms with Crippen LogP contribution in [0, 0.1) is 0 Å². The van der Waals surface area contributed by atoms with Gasteiger partial charge in [0.1, 0.15) is 0 Å². The Balaban J connectivity index is -0.0000000800. The van der Waals surface area contributed by atoms with Gasteiger partial charge < -0.3 is 14.7 Å². The van der Waals surface area contributed by atoms with Crippen LogP contribution in [0.5, 0.6) is 0 Å². The van der Waals surface area contributed by atoms with E-state index in [0.29, 0.717) is 0 Å². The van der Waals surface area contributed by atoms with Gasteiger partial charge in [-0.2, -0.15) is 0 Å². The molecular weight excluding hydrogens is 330 g/mol. The second-order valence-electron chi connectivity index (χ2n) is 0.513. The Labute approximate surface area is 84.8 Å². The molecule has 0 spiro atoms. The van der Waals surface area contributed by atoms with Crippen molar-refractivity contribution in [1.82, 2.24) is 0 Å². The van der Waals surface area contributed by atoms with Crippen molar-refractivity contribution in [2.24, 2.45) is 0 Å². The molecule has 7 heavy (non-hydrogen) atoms. The van der Waals surface area contributed by atoms with Crippen LogP contribution >= 0.6 is 7.82 Å². The van der Waals surface area contributed by atoms with Gasteiger partial charge >= 0.3 is 45.6 Å². The summed E-state index contributed by atoms with van der Waals surface area (Å²) >= 11 is 0. The molecule has 0 bridgehead atoms. The molecule has 0 amide bonds. The van der Waals surface area contributed by atoms with Crippen molar-refractivity contribution in [1.29, 1.82) is 0 Å². The largest absolute Gasteiger partial charge is 0 e. The van der Waals surface area contributed by atoms with E-state index in [4.69, 9.17) is 19.2 Å². The third kappa shape index (κ3) is 69.8. The van der Waals surface area contributed by atoms with Gasteiger partial charge in [-0.3, -0.25) is 0 Å². The van der Waals surface area contributed by atoms with E-state index in [1.807, 2.05) is 0 Å². The Kier molecular flexibility index (Phi) is 14.2. The number of hydrogen-bond donors (Lipinski definition) is 3. The summed E-state index contributed by atoms with van der Waals surface area (Å²) in [5.41, 5.74) is 0. The molecule has 0 radical (unpaired) electrons. The second kappa shape index (κ2) is 6.18. The molecule has 0 aliphatic rings. The zero-order chi connectivity index (χ0) is 4.50. The molecular formula is H5CaO4PPt. The van der Waals surface area contributed by atoms with Gasteiger partial charge in [0.25, 0.3) is 0 Å². The third-order valence-corrected chi connectivity index (χ3v) is 0. The average molecular weight is 335 g/mol. The quantitative estimate of drug-likeness (QED) is 0.359. The van der Waals surface area contributed by atoms with E-state index < -0.39 is 7.82 Å². The van der Waals surface area contributed by atoms with Crippen LogP contribution in [0.25, 0.3) is 0 Å². The summed E-state index contributed by atoms with van der Waals surface area (Å²) in [6, 6.07) is 0. The predicted molar refractivity (Wildman–Crippen MR) is 22.8 cm³/mol. The van der Waals surface area contributed by atoms with Crippen LogP contribution in [0.15, 0.2) is 0 Å². The van der Waals surface area contributed by atoms with Crippen molar-refractivity contribution in [3.8, 4) is 0 Å². The maximum absolute atomic E-state index is 8.88. The van der Waals surface area contributed by atoms with Crippen LogP contribution in [-0.4, -0.2) is 52.4 Å². The Morgan fingerprint density at radius 2 is 1.14 bits per heavy atom. The average Bonchev–Trinajstić information content (AvgIpc) is 0.722. The van der Waals surface area contributed by atoms with E-state index in [0.717, 1.165) is 0 Å². The van der Waals surface area contributed by atoms with Gasteiger partial charge in [0.2, 0.25) is 0 Å². The molecule has 0 aromatic heterocycles. The first kappa shape index (κ1) is 16.0. The van der Waals surface area contributed by atoms with Crippen LogP contribution in [-0.2, 0) is 25.6 Å². The topological polar surface area (TPSA) is 77.8 Å². The van der Waals surface area contributed by atoms with E-state index in [2.05, 4.69) is 0 Å². The fourth-order valence-electron chi connectivity index (χ4n) is 0. The number of phosphoric acid groups is 1. The van der Waals surface area contributed by atoms with Gasteiger partial charge in [0.15, 0.2) is 0 Å². The van der Waals surface area contributed by atoms with Crippen LogP contribution in [0.1, 0.15) is 0 Å². The first-order valence-electron chi connectivity index (χ1n) is 0.783. The van der Waals surface area contributed by atoms with Crippen molar-refractivity contribution >= 4 is 45.6 Å². The summed E-state index contributed by atoms with van der Waals surface area (Å²) in [6.07, 6.45) is 0. The van der Waals surface area contributed by atoms with Crippen molar-refractivity contribution in [3.05, 3.63) is 0 Å². The summed E-state index contributed by atoms with van der Waals surface area (Å²) < 4.78 is 8.88. The van der Waals surface area contributed by atoms with Gasteiger partial charge in [0.05, 0.1) is 0 Å². The minimum Gasteiger partial charge on any atom is 0 e. The minimum atomic E-state index is -4.64. The SMILES string of the molecule is O=P(O)(O)O.[CaH2].[Pt]. The van der Waals surface area contributed by atoms with Gasteiger partial charge in [-0.1, -0.05) is 0 Å². The van der Waals surface area contributed by atoms with Crippen molar-refractivity contribution in [2.45, 2.75) is 0 Å². The molecule has 0 aromatic rings. The first-order chi connectivity index (χ1) is 2.00. The van der Waals surface area contributed by atoms with E-state index in [-0.39, 0.29) is 58.8 Å².